The van der Waals surface area contributed by atoms with Gasteiger partial charge in [0.15, 0.2) is 11.5 Å². The van der Waals surface area contributed by atoms with Crippen LogP contribution in [0.4, 0.5) is 10.1 Å². The van der Waals surface area contributed by atoms with Crippen molar-refractivity contribution in [3.8, 4) is 39.7 Å². The van der Waals surface area contributed by atoms with E-state index in [-0.39, 0.29) is 11.9 Å². The number of halogens is 1. The highest BCUT2D eigenvalue weighted by Gasteiger charge is 2.18. The molecule has 2 aromatic carbocycles. The Kier molecular flexibility index (Phi) is 7.07. The summed E-state index contributed by atoms with van der Waals surface area (Å²) in [5, 5.41) is 11.0. The number of ether oxygens (including phenoxy) is 1. The minimum Gasteiger partial charge on any atom is -0.492 e. The van der Waals surface area contributed by atoms with Gasteiger partial charge in [-0.3, -0.25) is 10.1 Å². The first-order chi connectivity index (χ1) is 19.8. The SMILES string of the molecule is CC(C)Nc1cncc(-c2ccc3[nH]nc(-c4nc5c(-c6cc(F)cc(OCCN(C)C)c6)cccc5[nH]4)c3n2)c1. The van der Waals surface area contributed by atoms with Gasteiger partial charge in [0.25, 0.3) is 0 Å². The Bertz CT molecular complexity index is 1840. The number of rotatable bonds is 9. The van der Waals surface area contributed by atoms with Gasteiger partial charge in [0.1, 0.15) is 23.7 Å². The van der Waals surface area contributed by atoms with E-state index in [2.05, 4.69) is 39.3 Å². The lowest BCUT2D eigenvalue weighted by molar-refractivity contribution is 0.260. The van der Waals surface area contributed by atoms with Crippen LogP contribution in [-0.2, 0) is 0 Å². The van der Waals surface area contributed by atoms with Gasteiger partial charge in [-0.15, -0.1) is 0 Å². The molecule has 0 atom stereocenters. The van der Waals surface area contributed by atoms with Crippen molar-refractivity contribution in [2.75, 3.05) is 32.6 Å². The fraction of sp³-hybridized carbons (Fsp3) is 0.226. The van der Waals surface area contributed by atoms with Crippen LogP contribution in [0.1, 0.15) is 13.8 Å². The Hall–Kier alpha value is -4.83. The summed E-state index contributed by atoms with van der Waals surface area (Å²) in [5.41, 5.74) is 7.66. The first-order valence-corrected chi connectivity index (χ1v) is 13.5. The number of fused-ring (bicyclic) bond motifs is 2. The summed E-state index contributed by atoms with van der Waals surface area (Å²) in [7, 11) is 3.93. The third kappa shape index (κ3) is 5.59. The first-order valence-electron chi connectivity index (χ1n) is 13.5. The lowest BCUT2D eigenvalue weighted by atomic mass is 10.0. The topological polar surface area (TPSA) is 108 Å². The molecule has 208 valence electrons. The second-order valence-corrected chi connectivity index (χ2v) is 10.5. The lowest BCUT2D eigenvalue weighted by Crippen LogP contribution is -2.19. The average molecular weight is 551 g/mol. The van der Waals surface area contributed by atoms with Crippen LogP contribution in [0.2, 0.25) is 0 Å². The highest BCUT2D eigenvalue weighted by atomic mass is 19.1. The molecule has 0 bridgehead atoms. The number of para-hydroxylation sites is 1. The molecular weight excluding hydrogens is 519 g/mol. The number of nitrogens with zero attached hydrogens (tertiary/aromatic N) is 5. The second-order valence-electron chi connectivity index (χ2n) is 10.5. The molecular formula is C31H31FN8O. The van der Waals surface area contributed by atoms with Crippen molar-refractivity contribution in [2.24, 2.45) is 0 Å². The summed E-state index contributed by atoms with van der Waals surface area (Å²) in [5.74, 6) is 0.676. The Labute approximate surface area is 236 Å². The van der Waals surface area contributed by atoms with E-state index in [1.165, 1.54) is 12.1 Å². The number of aromatic amines is 2. The summed E-state index contributed by atoms with van der Waals surface area (Å²) >= 11 is 0. The number of H-pyrrole nitrogens is 2. The number of hydrogen-bond donors (Lipinski definition) is 3. The molecule has 0 unspecified atom stereocenters. The number of aromatic nitrogens is 6. The van der Waals surface area contributed by atoms with Crippen LogP contribution in [0.15, 0.2) is 67.0 Å². The normalized spacial score (nSPS) is 11.7. The Morgan fingerprint density at radius 3 is 2.66 bits per heavy atom. The van der Waals surface area contributed by atoms with Gasteiger partial charge in [-0.2, -0.15) is 5.10 Å². The van der Waals surface area contributed by atoms with E-state index in [0.717, 1.165) is 40.1 Å². The lowest BCUT2D eigenvalue weighted by Gasteiger charge is -2.12. The van der Waals surface area contributed by atoms with Crippen LogP contribution in [0.5, 0.6) is 5.75 Å². The molecule has 10 heteroatoms. The smallest absolute Gasteiger partial charge is 0.161 e. The molecule has 6 aromatic rings. The van der Waals surface area contributed by atoms with Gasteiger partial charge < -0.3 is 19.9 Å². The number of benzene rings is 2. The van der Waals surface area contributed by atoms with Crippen molar-refractivity contribution >= 4 is 27.8 Å². The Balaban J connectivity index is 1.37. The third-order valence-electron chi connectivity index (χ3n) is 6.62. The maximum atomic E-state index is 14.6. The molecule has 0 spiro atoms. The maximum absolute atomic E-state index is 14.6. The van der Waals surface area contributed by atoms with Gasteiger partial charge in [-0.1, -0.05) is 12.1 Å². The van der Waals surface area contributed by atoms with Crippen molar-refractivity contribution in [1.29, 1.82) is 0 Å². The van der Waals surface area contributed by atoms with Crippen LogP contribution < -0.4 is 10.1 Å². The molecule has 0 aliphatic carbocycles. The first kappa shape index (κ1) is 26.4. The molecule has 0 radical (unpaired) electrons. The summed E-state index contributed by atoms with van der Waals surface area (Å²) in [6, 6.07) is 16.7. The van der Waals surface area contributed by atoms with E-state index in [4.69, 9.17) is 14.7 Å². The largest absolute Gasteiger partial charge is 0.492 e. The van der Waals surface area contributed by atoms with Crippen LogP contribution in [0.25, 0.3) is 56.0 Å². The number of nitrogens with one attached hydrogen (secondary N) is 3. The highest BCUT2D eigenvalue weighted by Crippen LogP contribution is 2.34. The summed E-state index contributed by atoms with van der Waals surface area (Å²) in [6.45, 7) is 5.36. The Morgan fingerprint density at radius 2 is 1.83 bits per heavy atom. The van der Waals surface area contributed by atoms with E-state index in [1.54, 1.807) is 12.4 Å². The molecule has 4 aromatic heterocycles. The summed E-state index contributed by atoms with van der Waals surface area (Å²) in [4.78, 5) is 19.6. The highest BCUT2D eigenvalue weighted by molar-refractivity contribution is 5.96. The van der Waals surface area contributed by atoms with Gasteiger partial charge in [0.05, 0.1) is 27.9 Å². The number of imidazole rings is 1. The minimum absolute atomic E-state index is 0.288. The Morgan fingerprint density at radius 1 is 0.951 bits per heavy atom. The van der Waals surface area contributed by atoms with Crippen molar-refractivity contribution < 1.29 is 9.13 Å². The molecule has 6 rings (SSSR count). The number of likely N-dealkylation sites (N-methyl/N-ethyl adjacent to an activating group) is 1. The van der Waals surface area contributed by atoms with Gasteiger partial charge in [-0.25, -0.2) is 14.4 Å². The number of anilines is 1. The fourth-order valence-corrected chi connectivity index (χ4v) is 4.74. The molecule has 0 aliphatic heterocycles. The summed E-state index contributed by atoms with van der Waals surface area (Å²) < 4.78 is 20.4. The van der Waals surface area contributed by atoms with E-state index in [1.807, 2.05) is 61.5 Å². The molecule has 0 fully saturated rings. The zero-order chi connectivity index (χ0) is 28.5. The number of pyridine rings is 2. The average Bonchev–Trinajstić information content (AvgIpc) is 3.56. The van der Waals surface area contributed by atoms with E-state index < -0.39 is 0 Å². The standard InChI is InChI=1S/C31H31FN8O/c1-18(2)34-22-13-20(16-33-17-22)25-8-9-27-29(35-25)30(39-38-27)31-36-26-7-5-6-24(28(26)37-31)19-12-21(32)15-23(14-19)41-11-10-40(3)4/h5-9,12-18,34H,10-11H2,1-4H3,(H,36,37)(H,38,39). The predicted molar refractivity (Wildman–Crippen MR) is 160 cm³/mol. The van der Waals surface area contributed by atoms with Crippen LogP contribution in [0, 0.1) is 5.82 Å². The quantitative estimate of drug-likeness (QED) is 0.199. The molecule has 0 amide bonds. The van der Waals surface area contributed by atoms with Crippen LogP contribution in [-0.4, -0.2) is 68.3 Å². The molecule has 0 saturated carbocycles. The fourth-order valence-electron chi connectivity index (χ4n) is 4.74. The van der Waals surface area contributed by atoms with Gasteiger partial charge in [0, 0.05) is 42.2 Å². The molecule has 0 saturated heterocycles. The third-order valence-corrected chi connectivity index (χ3v) is 6.62. The number of hydrogen-bond acceptors (Lipinski definition) is 7. The summed E-state index contributed by atoms with van der Waals surface area (Å²) in [6.07, 6.45) is 3.60. The molecule has 41 heavy (non-hydrogen) atoms. The molecule has 9 nitrogen and oxygen atoms in total. The van der Waals surface area contributed by atoms with Crippen molar-refractivity contribution in [3.05, 3.63) is 72.8 Å². The monoisotopic (exact) mass is 550 g/mol. The van der Waals surface area contributed by atoms with Crippen molar-refractivity contribution in [3.63, 3.8) is 0 Å². The van der Waals surface area contributed by atoms with Crippen LogP contribution in [0.3, 0.4) is 0 Å². The minimum atomic E-state index is -0.368. The molecule has 3 N–H and O–H groups in total. The zero-order valence-electron chi connectivity index (χ0n) is 23.4. The van der Waals surface area contributed by atoms with Gasteiger partial charge in [0.2, 0.25) is 0 Å². The predicted octanol–water partition coefficient (Wildman–Crippen LogP) is 6.13. The van der Waals surface area contributed by atoms with E-state index in [0.29, 0.717) is 40.5 Å². The van der Waals surface area contributed by atoms with E-state index >= 15 is 0 Å². The van der Waals surface area contributed by atoms with Crippen molar-refractivity contribution in [2.45, 2.75) is 19.9 Å². The van der Waals surface area contributed by atoms with Gasteiger partial charge >= 0.3 is 0 Å². The van der Waals surface area contributed by atoms with Gasteiger partial charge in [-0.05, 0) is 69.9 Å². The molecule has 0 aliphatic rings. The van der Waals surface area contributed by atoms with Crippen molar-refractivity contribution in [1.82, 2.24) is 35.0 Å². The zero-order valence-corrected chi connectivity index (χ0v) is 23.4. The maximum Gasteiger partial charge on any atom is 0.161 e. The second kappa shape index (κ2) is 11.0. The molecule has 4 heterocycles. The van der Waals surface area contributed by atoms with E-state index in [9.17, 15) is 4.39 Å². The van der Waals surface area contributed by atoms with Crippen LogP contribution >= 0.6 is 0 Å².